The first kappa shape index (κ1) is 14.7. The predicted octanol–water partition coefficient (Wildman–Crippen LogP) is 3.88. The Morgan fingerprint density at radius 1 is 1.09 bits per heavy atom. The van der Waals surface area contributed by atoms with Gasteiger partial charge in [0.15, 0.2) is 0 Å². The summed E-state index contributed by atoms with van der Waals surface area (Å²) in [5.74, 6) is 0.518. The Balaban J connectivity index is 1.81. The first-order valence-corrected chi connectivity index (χ1v) is 8.37. The van der Waals surface area contributed by atoms with E-state index in [0.29, 0.717) is 5.92 Å². The van der Waals surface area contributed by atoms with Crippen LogP contribution in [0.3, 0.4) is 0 Å². The summed E-state index contributed by atoms with van der Waals surface area (Å²) in [6.07, 6.45) is 6.07. The fourth-order valence-electron chi connectivity index (χ4n) is 3.35. The minimum Gasteiger partial charge on any atom is -0.306 e. The molecule has 1 aromatic carbocycles. The van der Waals surface area contributed by atoms with Gasteiger partial charge in [-0.15, -0.1) is 0 Å². The molecular weight excluding hydrogens is 308 g/mol. The van der Waals surface area contributed by atoms with E-state index in [9.17, 15) is 0 Å². The Morgan fingerprint density at radius 2 is 1.83 bits per heavy atom. The number of piperidine rings is 1. The lowest BCUT2D eigenvalue weighted by Crippen LogP contribution is -2.29. The average molecular weight is 327 g/mol. The number of benzene rings is 1. The van der Waals surface area contributed by atoms with Crippen molar-refractivity contribution >= 4 is 22.5 Å². The van der Waals surface area contributed by atoms with Crippen LogP contribution in [0.5, 0.6) is 0 Å². The van der Waals surface area contributed by atoms with E-state index in [4.69, 9.17) is 16.7 Å². The van der Waals surface area contributed by atoms with Crippen LogP contribution < -0.4 is 0 Å². The third-order valence-corrected chi connectivity index (χ3v) is 4.94. The second kappa shape index (κ2) is 5.95. The number of likely N-dealkylation sites (tertiary alicyclic amines) is 1. The number of rotatable bonds is 2. The maximum atomic E-state index is 6.01. The van der Waals surface area contributed by atoms with Gasteiger partial charge >= 0.3 is 0 Å². The summed E-state index contributed by atoms with van der Waals surface area (Å²) in [6, 6.07) is 9.88. The molecule has 5 heteroatoms. The van der Waals surface area contributed by atoms with Gasteiger partial charge in [-0.3, -0.25) is 4.98 Å². The number of aromatic nitrogens is 3. The normalized spacial score (nSPS) is 17.0. The molecule has 0 unspecified atom stereocenters. The lowest BCUT2D eigenvalue weighted by Gasteiger charge is -2.28. The van der Waals surface area contributed by atoms with E-state index >= 15 is 0 Å². The highest BCUT2D eigenvalue weighted by atomic mass is 35.5. The van der Waals surface area contributed by atoms with Crippen molar-refractivity contribution in [1.82, 2.24) is 19.7 Å². The summed E-state index contributed by atoms with van der Waals surface area (Å²) in [5, 5.41) is 6.90. The van der Waals surface area contributed by atoms with Crippen molar-refractivity contribution in [3.63, 3.8) is 0 Å². The van der Waals surface area contributed by atoms with E-state index in [0.717, 1.165) is 42.2 Å². The molecule has 0 atom stereocenters. The number of pyridine rings is 1. The molecule has 4 nitrogen and oxygen atoms in total. The number of fused-ring (bicyclic) bond motifs is 1. The Morgan fingerprint density at radius 3 is 2.57 bits per heavy atom. The van der Waals surface area contributed by atoms with Gasteiger partial charge in [-0.1, -0.05) is 11.6 Å². The number of halogens is 1. The van der Waals surface area contributed by atoms with Crippen molar-refractivity contribution in [1.29, 1.82) is 0 Å². The van der Waals surface area contributed by atoms with Gasteiger partial charge in [0, 0.05) is 22.5 Å². The van der Waals surface area contributed by atoms with Crippen LogP contribution in [-0.4, -0.2) is 39.8 Å². The van der Waals surface area contributed by atoms with E-state index < -0.39 is 0 Å². The molecule has 1 aliphatic heterocycles. The summed E-state index contributed by atoms with van der Waals surface area (Å²) in [5.41, 5.74) is 3.28. The minimum atomic E-state index is 0.518. The van der Waals surface area contributed by atoms with Gasteiger partial charge in [-0.2, -0.15) is 5.10 Å². The van der Waals surface area contributed by atoms with Gasteiger partial charge in [-0.05, 0) is 63.3 Å². The summed E-state index contributed by atoms with van der Waals surface area (Å²) in [6.45, 7) is 2.26. The van der Waals surface area contributed by atoms with Crippen LogP contribution in [0.4, 0.5) is 0 Å². The van der Waals surface area contributed by atoms with Crippen LogP contribution in [0, 0.1) is 0 Å². The van der Waals surface area contributed by atoms with Crippen LogP contribution in [0.2, 0.25) is 5.02 Å². The van der Waals surface area contributed by atoms with Crippen LogP contribution in [0.1, 0.15) is 24.5 Å². The summed E-state index contributed by atoms with van der Waals surface area (Å²) in [4.78, 5) is 6.68. The van der Waals surface area contributed by atoms with Gasteiger partial charge in [0.25, 0.3) is 0 Å². The SMILES string of the molecule is CN1CCC(c2nn(-c3ccc(Cl)cc3)c3cnccc23)CC1. The second-order valence-electron chi connectivity index (χ2n) is 6.24. The topological polar surface area (TPSA) is 34.0 Å². The molecule has 0 amide bonds. The maximum Gasteiger partial charge on any atom is 0.0927 e. The zero-order valence-electron chi connectivity index (χ0n) is 13.1. The molecule has 23 heavy (non-hydrogen) atoms. The standard InChI is InChI=1S/C18H19ClN4/c1-22-10-7-13(8-11-22)18-16-6-9-20-12-17(16)23(21-18)15-4-2-14(19)3-5-15/h2-6,9,12-13H,7-8,10-11H2,1H3. The highest BCUT2D eigenvalue weighted by molar-refractivity contribution is 6.30. The highest BCUT2D eigenvalue weighted by Gasteiger charge is 2.24. The smallest absolute Gasteiger partial charge is 0.0927 e. The maximum absolute atomic E-state index is 6.01. The van der Waals surface area contributed by atoms with Crippen LogP contribution >= 0.6 is 11.6 Å². The lowest BCUT2D eigenvalue weighted by molar-refractivity contribution is 0.253. The molecule has 0 radical (unpaired) electrons. The fourth-order valence-corrected chi connectivity index (χ4v) is 3.48. The van der Waals surface area contributed by atoms with Crippen molar-refractivity contribution in [3.8, 4) is 5.69 Å². The molecule has 4 rings (SSSR count). The summed E-state index contributed by atoms with van der Waals surface area (Å²) >= 11 is 6.01. The van der Waals surface area contributed by atoms with E-state index in [1.807, 2.05) is 41.3 Å². The van der Waals surface area contributed by atoms with Gasteiger partial charge in [-0.25, -0.2) is 4.68 Å². The van der Waals surface area contributed by atoms with Crippen molar-refractivity contribution in [3.05, 3.63) is 53.4 Å². The quantitative estimate of drug-likeness (QED) is 0.716. The summed E-state index contributed by atoms with van der Waals surface area (Å²) in [7, 11) is 2.19. The zero-order valence-corrected chi connectivity index (χ0v) is 13.9. The summed E-state index contributed by atoms with van der Waals surface area (Å²) < 4.78 is 1.99. The van der Waals surface area contributed by atoms with E-state index in [1.54, 1.807) is 0 Å². The van der Waals surface area contributed by atoms with E-state index in [2.05, 4.69) is 23.0 Å². The molecule has 1 aliphatic rings. The highest BCUT2D eigenvalue weighted by Crippen LogP contribution is 2.33. The molecule has 0 N–H and O–H groups in total. The van der Waals surface area contributed by atoms with Crippen LogP contribution in [-0.2, 0) is 0 Å². The van der Waals surface area contributed by atoms with Crippen LogP contribution in [0.15, 0.2) is 42.7 Å². The average Bonchev–Trinajstić information content (AvgIpc) is 2.96. The van der Waals surface area contributed by atoms with Crippen molar-refractivity contribution < 1.29 is 0 Å². The monoisotopic (exact) mass is 326 g/mol. The number of hydrogen-bond acceptors (Lipinski definition) is 3. The van der Waals surface area contributed by atoms with Gasteiger partial charge < -0.3 is 4.90 Å². The van der Waals surface area contributed by atoms with Crippen LogP contribution in [0.25, 0.3) is 16.6 Å². The molecule has 0 aliphatic carbocycles. The first-order chi connectivity index (χ1) is 11.2. The van der Waals surface area contributed by atoms with Gasteiger partial charge in [0.1, 0.15) is 0 Å². The molecule has 1 fully saturated rings. The largest absolute Gasteiger partial charge is 0.306 e. The fraction of sp³-hybridized carbons (Fsp3) is 0.333. The first-order valence-electron chi connectivity index (χ1n) is 7.99. The molecule has 0 spiro atoms. The van der Waals surface area contributed by atoms with E-state index in [-0.39, 0.29) is 0 Å². The Labute approximate surface area is 140 Å². The Bertz CT molecular complexity index is 817. The molecule has 0 bridgehead atoms. The van der Waals surface area contributed by atoms with Gasteiger partial charge in [0.05, 0.1) is 23.1 Å². The number of hydrogen-bond donors (Lipinski definition) is 0. The third-order valence-electron chi connectivity index (χ3n) is 4.69. The molecular formula is C18H19ClN4. The molecule has 2 aromatic heterocycles. The minimum absolute atomic E-state index is 0.518. The number of nitrogens with zero attached hydrogens (tertiary/aromatic N) is 4. The van der Waals surface area contributed by atoms with Gasteiger partial charge in [0.2, 0.25) is 0 Å². The molecule has 1 saturated heterocycles. The molecule has 3 heterocycles. The molecule has 0 saturated carbocycles. The Hall–Kier alpha value is -1.91. The van der Waals surface area contributed by atoms with E-state index in [1.165, 1.54) is 11.1 Å². The zero-order chi connectivity index (χ0) is 15.8. The molecule has 3 aromatic rings. The van der Waals surface area contributed by atoms with Crippen molar-refractivity contribution in [2.45, 2.75) is 18.8 Å². The third kappa shape index (κ3) is 2.73. The Kier molecular flexibility index (Phi) is 3.79. The second-order valence-corrected chi connectivity index (χ2v) is 6.68. The van der Waals surface area contributed by atoms with Crippen molar-refractivity contribution in [2.24, 2.45) is 0 Å². The lowest BCUT2D eigenvalue weighted by atomic mass is 9.92. The molecule has 118 valence electrons. The predicted molar refractivity (Wildman–Crippen MR) is 93.3 cm³/mol. The van der Waals surface area contributed by atoms with Crippen molar-refractivity contribution in [2.75, 3.05) is 20.1 Å².